The third-order valence-corrected chi connectivity index (χ3v) is 2.78. The van der Waals surface area contributed by atoms with Gasteiger partial charge in [-0.25, -0.2) is 0 Å². The number of alkyl halides is 1. The van der Waals surface area contributed by atoms with E-state index in [1.807, 2.05) is 6.20 Å². The van der Waals surface area contributed by atoms with Crippen molar-refractivity contribution in [3.05, 3.63) is 29.6 Å². The minimum Gasteiger partial charge on any atom is -0.316 e. The van der Waals surface area contributed by atoms with Crippen molar-refractivity contribution in [3.8, 4) is 0 Å². The first-order chi connectivity index (χ1) is 6.40. The van der Waals surface area contributed by atoms with Crippen LogP contribution in [0.15, 0.2) is 18.3 Å². The summed E-state index contributed by atoms with van der Waals surface area (Å²) in [6, 6.07) is 4.21. The molecule has 0 aromatic carbocycles. The molecule has 0 saturated carbocycles. The Morgan fingerprint density at radius 1 is 1.62 bits per heavy atom. The summed E-state index contributed by atoms with van der Waals surface area (Å²) in [5, 5.41) is 3.35. The molecule has 70 valence electrons. The highest BCUT2D eigenvalue weighted by Crippen LogP contribution is 2.22. The Kier molecular flexibility index (Phi) is 2.81. The molecule has 1 saturated heterocycles. The molecule has 0 radical (unpaired) electrons. The molecule has 1 aromatic rings. The fourth-order valence-electron chi connectivity index (χ4n) is 1.76. The second-order valence-electron chi connectivity index (χ2n) is 3.40. The Balaban J connectivity index is 2.18. The monoisotopic (exact) mass is 196 g/mol. The molecular formula is C10H13ClN2. The number of nitrogens with zero attached hydrogens (tertiary/aromatic N) is 1. The van der Waals surface area contributed by atoms with Gasteiger partial charge in [0.05, 0.1) is 11.6 Å². The van der Waals surface area contributed by atoms with Gasteiger partial charge in [-0.05, 0) is 36.6 Å². The maximum atomic E-state index is 5.73. The van der Waals surface area contributed by atoms with E-state index in [0.717, 1.165) is 18.8 Å². The second kappa shape index (κ2) is 4.07. The van der Waals surface area contributed by atoms with E-state index in [9.17, 15) is 0 Å². The van der Waals surface area contributed by atoms with Crippen LogP contribution in [-0.2, 0) is 5.88 Å². The number of hydrogen-bond donors (Lipinski definition) is 1. The van der Waals surface area contributed by atoms with E-state index in [4.69, 9.17) is 11.6 Å². The fourth-order valence-corrected chi connectivity index (χ4v) is 1.91. The maximum absolute atomic E-state index is 5.73. The van der Waals surface area contributed by atoms with Crippen molar-refractivity contribution < 1.29 is 0 Å². The number of halogens is 1. The summed E-state index contributed by atoms with van der Waals surface area (Å²) in [4.78, 5) is 4.18. The van der Waals surface area contributed by atoms with Crippen LogP contribution in [0.5, 0.6) is 0 Å². The molecule has 13 heavy (non-hydrogen) atoms. The van der Waals surface area contributed by atoms with Crippen LogP contribution in [-0.4, -0.2) is 18.1 Å². The van der Waals surface area contributed by atoms with Gasteiger partial charge in [-0.3, -0.25) is 4.98 Å². The van der Waals surface area contributed by atoms with Gasteiger partial charge in [0.2, 0.25) is 0 Å². The van der Waals surface area contributed by atoms with Crippen molar-refractivity contribution in [2.75, 3.05) is 13.1 Å². The largest absolute Gasteiger partial charge is 0.316 e. The van der Waals surface area contributed by atoms with Crippen LogP contribution >= 0.6 is 11.6 Å². The Bertz CT molecular complexity index is 282. The molecule has 2 nitrogen and oxygen atoms in total. The summed E-state index contributed by atoms with van der Waals surface area (Å²) < 4.78 is 0. The zero-order valence-corrected chi connectivity index (χ0v) is 8.22. The first-order valence-electron chi connectivity index (χ1n) is 4.61. The van der Waals surface area contributed by atoms with E-state index < -0.39 is 0 Å². The third-order valence-electron chi connectivity index (χ3n) is 2.51. The molecule has 0 spiro atoms. The van der Waals surface area contributed by atoms with Gasteiger partial charge in [0, 0.05) is 12.7 Å². The van der Waals surface area contributed by atoms with Gasteiger partial charge in [0.25, 0.3) is 0 Å². The fraction of sp³-hybridized carbons (Fsp3) is 0.500. The van der Waals surface area contributed by atoms with E-state index in [1.54, 1.807) is 0 Å². The number of rotatable bonds is 2. The van der Waals surface area contributed by atoms with Crippen molar-refractivity contribution in [1.29, 1.82) is 0 Å². The molecule has 1 unspecified atom stereocenters. The van der Waals surface area contributed by atoms with E-state index in [1.165, 1.54) is 12.0 Å². The highest BCUT2D eigenvalue weighted by atomic mass is 35.5. The molecular weight excluding hydrogens is 184 g/mol. The molecule has 1 N–H and O–H groups in total. The van der Waals surface area contributed by atoms with E-state index in [0.29, 0.717) is 11.8 Å². The lowest BCUT2D eigenvalue weighted by Crippen LogP contribution is -2.08. The molecule has 3 heteroatoms. The third kappa shape index (κ3) is 2.01. The lowest BCUT2D eigenvalue weighted by molar-refractivity contribution is 0.759. The summed E-state index contributed by atoms with van der Waals surface area (Å²) in [7, 11) is 0. The summed E-state index contributed by atoms with van der Waals surface area (Å²) >= 11 is 5.73. The van der Waals surface area contributed by atoms with E-state index in [-0.39, 0.29) is 0 Å². The summed E-state index contributed by atoms with van der Waals surface area (Å²) in [6.45, 7) is 2.22. The van der Waals surface area contributed by atoms with E-state index in [2.05, 4.69) is 22.4 Å². The smallest absolute Gasteiger partial charge is 0.0647 e. The molecule has 1 aromatic heterocycles. The minimum atomic E-state index is 0.508. The molecule has 2 rings (SSSR count). The van der Waals surface area contributed by atoms with Gasteiger partial charge in [0.1, 0.15) is 0 Å². The lowest BCUT2D eigenvalue weighted by Gasteiger charge is -2.08. The van der Waals surface area contributed by atoms with Crippen LogP contribution in [0, 0.1) is 0 Å². The van der Waals surface area contributed by atoms with Crippen molar-refractivity contribution in [1.82, 2.24) is 10.3 Å². The van der Waals surface area contributed by atoms with Crippen LogP contribution in [0.1, 0.15) is 23.6 Å². The van der Waals surface area contributed by atoms with Crippen LogP contribution < -0.4 is 5.32 Å². The molecule has 0 amide bonds. The first kappa shape index (κ1) is 8.97. The van der Waals surface area contributed by atoms with Gasteiger partial charge in [-0.2, -0.15) is 0 Å². The Labute approximate surface area is 83.3 Å². The zero-order valence-electron chi connectivity index (χ0n) is 7.46. The minimum absolute atomic E-state index is 0.508. The number of aromatic nitrogens is 1. The lowest BCUT2D eigenvalue weighted by atomic mass is 9.99. The normalized spacial score (nSPS) is 22.1. The van der Waals surface area contributed by atoms with Gasteiger partial charge < -0.3 is 5.32 Å². The van der Waals surface area contributed by atoms with E-state index >= 15 is 0 Å². The van der Waals surface area contributed by atoms with Gasteiger partial charge in [0.15, 0.2) is 0 Å². The van der Waals surface area contributed by atoms with Crippen LogP contribution in [0.3, 0.4) is 0 Å². The number of nitrogens with one attached hydrogen (secondary N) is 1. The summed E-state index contributed by atoms with van der Waals surface area (Å²) in [5.74, 6) is 1.17. The van der Waals surface area contributed by atoms with Crippen molar-refractivity contribution >= 4 is 11.6 Å². The van der Waals surface area contributed by atoms with Crippen molar-refractivity contribution in [3.63, 3.8) is 0 Å². The zero-order chi connectivity index (χ0) is 9.10. The Morgan fingerprint density at radius 2 is 2.54 bits per heavy atom. The maximum Gasteiger partial charge on any atom is 0.0647 e. The Morgan fingerprint density at radius 3 is 3.23 bits per heavy atom. The van der Waals surface area contributed by atoms with Crippen LogP contribution in [0.2, 0.25) is 0 Å². The SMILES string of the molecule is ClCc1cc(C2CCNC2)ccn1. The molecule has 1 fully saturated rings. The number of hydrogen-bond acceptors (Lipinski definition) is 2. The predicted octanol–water partition coefficient (Wildman–Crippen LogP) is 1.90. The van der Waals surface area contributed by atoms with Crippen molar-refractivity contribution in [2.24, 2.45) is 0 Å². The average molecular weight is 197 g/mol. The molecule has 2 heterocycles. The van der Waals surface area contributed by atoms with Gasteiger partial charge >= 0.3 is 0 Å². The highest BCUT2D eigenvalue weighted by Gasteiger charge is 2.16. The predicted molar refractivity (Wildman–Crippen MR) is 54.0 cm³/mol. The summed E-state index contributed by atoms with van der Waals surface area (Å²) in [6.07, 6.45) is 3.08. The highest BCUT2D eigenvalue weighted by molar-refractivity contribution is 6.16. The number of pyridine rings is 1. The van der Waals surface area contributed by atoms with Crippen LogP contribution in [0.25, 0.3) is 0 Å². The van der Waals surface area contributed by atoms with Crippen molar-refractivity contribution in [2.45, 2.75) is 18.2 Å². The molecule has 0 aliphatic carbocycles. The molecule has 1 aliphatic heterocycles. The van der Waals surface area contributed by atoms with Gasteiger partial charge in [-0.1, -0.05) is 0 Å². The average Bonchev–Trinajstić information content (AvgIpc) is 2.71. The van der Waals surface area contributed by atoms with Crippen LogP contribution in [0.4, 0.5) is 0 Å². The molecule has 1 atom stereocenters. The second-order valence-corrected chi connectivity index (χ2v) is 3.67. The van der Waals surface area contributed by atoms with Gasteiger partial charge in [-0.15, -0.1) is 11.6 Å². The quantitative estimate of drug-likeness (QED) is 0.731. The Hall–Kier alpha value is -0.600. The topological polar surface area (TPSA) is 24.9 Å². The molecule has 0 bridgehead atoms. The first-order valence-corrected chi connectivity index (χ1v) is 5.15. The standard InChI is InChI=1S/C10H13ClN2/c11-6-10-5-8(2-4-13-10)9-1-3-12-7-9/h2,4-5,9,12H,1,3,6-7H2. The summed E-state index contributed by atoms with van der Waals surface area (Å²) in [5.41, 5.74) is 2.35. The molecule has 1 aliphatic rings.